The number of nitrogens with zero attached hydrogens (tertiary/aromatic N) is 2. The molecular weight excluding hydrogens is 837 g/mol. The van der Waals surface area contributed by atoms with E-state index in [4.69, 9.17) is 10.2 Å². The SMILES string of the molecule is O=C(NCCO)c1ccc(-c2cccc3cc(Cc4cccc(C(F)(F)F)c4)sc23)nc1.O=C(O)c1ccc(-c2cccc3cc(Cc4cccc(C(F)(F)F)c4)sc23)nc1. The van der Waals surface area contributed by atoms with Crippen molar-refractivity contribution in [3.8, 4) is 22.5 Å². The molecule has 310 valence electrons. The molecule has 0 spiro atoms. The van der Waals surface area contributed by atoms with Crippen LogP contribution in [0.1, 0.15) is 52.7 Å². The number of aromatic nitrogens is 2. The van der Waals surface area contributed by atoms with E-state index in [-0.39, 0.29) is 24.6 Å². The lowest BCUT2D eigenvalue weighted by Crippen LogP contribution is -2.26. The molecule has 0 saturated heterocycles. The summed E-state index contributed by atoms with van der Waals surface area (Å²) in [5.41, 5.74) is 3.49. The summed E-state index contributed by atoms with van der Waals surface area (Å²) in [6.45, 7) is 0.0319. The summed E-state index contributed by atoms with van der Waals surface area (Å²) in [5.74, 6) is -1.35. The number of carboxylic acids is 1. The quantitative estimate of drug-likeness (QED) is 0.118. The van der Waals surface area contributed by atoms with Crippen molar-refractivity contribution in [2.75, 3.05) is 13.2 Å². The molecule has 0 radical (unpaired) electrons. The van der Waals surface area contributed by atoms with Crippen LogP contribution >= 0.6 is 22.7 Å². The fraction of sp³-hybridized carbons (Fsp3) is 0.130. The van der Waals surface area contributed by atoms with E-state index in [1.807, 2.05) is 48.5 Å². The second kappa shape index (κ2) is 18.1. The van der Waals surface area contributed by atoms with E-state index in [0.717, 1.165) is 53.2 Å². The van der Waals surface area contributed by atoms with Crippen molar-refractivity contribution < 1.29 is 46.1 Å². The number of fused-ring (bicyclic) bond motifs is 2. The molecule has 0 aliphatic rings. The summed E-state index contributed by atoms with van der Waals surface area (Å²) in [5, 5.41) is 22.4. The van der Waals surface area contributed by atoms with Crippen LogP contribution in [0.25, 0.3) is 42.7 Å². The lowest BCUT2D eigenvalue weighted by Gasteiger charge is -2.08. The highest BCUT2D eigenvalue weighted by Crippen LogP contribution is 2.38. The van der Waals surface area contributed by atoms with Gasteiger partial charge in [-0.2, -0.15) is 26.3 Å². The van der Waals surface area contributed by atoms with Crippen LogP contribution in [-0.4, -0.2) is 45.2 Å². The Kier molecular flexibility index (Phi) is 12.6. The van der Waals surface area contributed by atoms with Crippen LogP contribution in [0.2, 0.25) is 0 Å². The van der Waals surface area contributed by atoms with Gasteiger partial charge in [0, 0.05) is 62.1 Å². The van der Waals surface area contributed by atoms with Gasteiger partial charge in [0.15, 0.2) is 0 Å². The third-order valence-electron chi connectivity index (χ3n) is 9.44. The number of halogens is 6. The molecule has 8 rings (SSSR count). The Morgan fingerprint density at radius 1 is 0.590 bits per heavy atom. The van der Waals surface area contributed by atoms with Gasteiger partial charge in [-0.15, -0.1) is 22.7 Å². The van der Waals surface area contributed by atoms with Crippen LogP contribution in [0.4, 0.5) is 26.3 Å². The van der Waals surface area contributed by atoms with Crippen LogP contribution in [-0.2, 0) is 25.2 Å². The predicted molar refractivity (Wildman–Crippen MR) is 225 cm³/mol. The zero-order valence-corrected chi connectivity index (χ0v) is 33.4. The lowest BCUT2D eigenvalue weighted by atomic mass is 10.1. The summed E-state index contributed by atoms with van der Waals surface area (Å²) in [7, 11) is 0. The number of rotatable bonds is 10. The molecule has 7 nitrogen and oxygen atoms in total. The Hall–Kier alpha value is -6.42. The zero-order chi connectivity index (χ0) is 43.3. The molecule has 0 aliphatic carbocycles. The molecule has 0 saturated carbocycles. The maximum absolute atomic E-state index is 13.0. The van der Waals surface area contributed by atoms with Crippen LogP contribution in [0.3, 0.4) is 0 Å². The summed E-state index contributed by atoms with van der Waals surface area (Å²) < 4.78 is 79.8. The highest BCUT2D eigenvalue weighted by atomic mass is 32.1. The molecular formula is C46H33F6N3O4S2. The number of hydrogen-bond donors (Lipinski definition) is 3. The topological polar surface area (TPSA) is 112 Å². The minimum atomic E-state index is -4.36. The molecule has 3 N–H and O–H groups in total. The Labute approximate surface area is 352 Å². The lowest BCUT2D eigenvalue weighted by molar-refractivity contribution is -0.138. The number of aliphatic hydroxyl groups is 1. The molecule has 15 heteroatoms. The monoisotopic (exact) mass is 869 g/mol. The molecule has 0 unspecified atom stereocenters. The molecule has 0 bridgehead atoms. The number of benzene rings is 4. The van der Waals surface area contributed by atoms with Crippen LogP contribution in [0, 0.1) is 0 Å². The maximum atomic E-state index is 13.0. The van der Waals surface area contributed by atoms with E-state index in [0.29, 0.717) is 40.9 Å². The minimum Gasteiger partial charge on any atom is -0.478 e. The Morgan fingerprint density at radius 3 is 1.46 bits per heavy atom. The van der Waals surface area contributed by atoms with Crippen molar-refractivity contribution >= 4 is 54.7 Å². The molecule has 61 heavy (non-hydrogen) atoms. The van der Waals surface area contributed by atoms with Gasteiger partial charge in [-0.05, 0) is 70.4 Å². The first kappa shape index (κ1) is 42.7. The molecule has 0 aliphatic heterocycles. The van der Waals surface area contributed by atoms with E-state index >= 15 is 0 Å². The normalized spacial score (nSPS) is 11.7. The van der Waals surface area contributed by atoms with Crippen molar-refractivity contribution in [3.05, 3.63) is 177 Å². The summed E-state index contributed by atoms with van der Waals surface area (Å²) in [6, 6.07) is 32.8. The van der Waals surface area contributed by atoms with E-state index in [1.165, 1.54) is 65.4 Å². The van der Waals surface area contributed by atoms with Crippen molar-refractivity contribution in [2.24, 2.45) is 0 Å². The van der Waals surface area contributed by atoms with Gasteiger partial charge in [0.05, 0.1) is 40.2 Å². The summed E-state index contributed by atoms with van der Waals surface area (Å²) in [6.07, 6.45) is -5.13. The average molecular weight is 870 g/mol. The van der Waals surface area contributed by atoms with Crippen molar-refractivity contribution in [2.45, 2.75) is 25.2 Å². The van der Waals surface area contributed by atoms with Gasteiger partial charge in [0.1, 0.15) is 0 Å². The first-order chi connectivity index (χ1) is 29.2. The van der Waals surface area contributed by atoms with E-state index in [1.54, 1.807) is 30.3 Å². The van der Waals surface area contributed by atoms with Gasteiger partial charge in [0.25, 0.3) is 5.91 Å². The fourth-order valence-electron chi connectivity index (χ4n) is 6.57. The van der Waals surface area contributed by atoms with Crippen molar-refractivity contribution in [3.63, 3.8) is 0 Å². The van der Waals surface area contributed by atoms with Crippen LogP contribution < -0.4 is 5.32 Å². The van der Waals surface area contributed by atoms with E-state index in [2.05, 4.69) is 15.3 Å². The number of hydrogen-bond acceptors (Lipinski definition) is 7. The summed E-state index contributed by atoms with van der Waals surface area (Å²) in [4.78, 5) is 33.6. The smallest absolute Gasteiger partial charge is 0.416 e. The minimum absolute atomic E-state index is 0.109. The number of thiophene rings is 2. The number of aromatic carboxylic acids is 1. The average Bonchev–Trinajstić information content (AvgIpc) is 3.86. The highest BCUT2D eigenvalue weighted by molar-refractivity contribution is 7.20. The summed E-state index contributed by atoms with van der Waals surface area (Å²) >= 11 is 3.02. The number of pyridine rings is 2. The number of carbonyl (C=O) groups is 2. The number of alkyl halides is 6. The zero-order valence-electron chi connectivity index (χ0n) is 31.7. The molecule has 1 amide bonds. The number of carboxylic acid groups (broad SMARTS) is 1. The second-order valence-corrected chi connectivity index (χ2v) is 16.0. The first-order valence-corrected chi connectivity index (χ1v) is 20.2. The molecule has 8 aromatic rings. The predicted octanol–water partition coefficient (Wildman–Crippen LogP) is 11.6. The first-order valence-electron chi connectivity index (χ1n) is 18.6. The Bertz CT molecular complexity index is 2840. The highest BCUT2D eigenvalue weighted by Gasteiger charge is 2.31. The molecule has 0 fully saturated rings. The molecule has 4 aromatic carbocycles. The largest absolute Gasteiger partial charge is 0.478 e. The third-order valence-corrected chi connectivity index (χ3v) is 11.8. The van der Waals surface area contributed by atoms with Gasteiger partial charge in [-0.1, -0.05) is 72.8 Å². The standard InChI is InChI=1S/C24H19F3N2O2S.C22H14F3NO2S/c25-24(26,27)18-5-1-3-15(11-18)12-19-13-16-4-2-6-20(22(16)32-19)21-8-7-17(14-29-21)23(31)28-9-10-30;23-22(24,25)16-5-1-3-13(9-16)10-17-11-14-4-2-6-18(20(14)29-17)19-8-7-15(12-26-19)21(27)28/h1-8,11,13-14,30H,9-10,12H2,(H,28,31);1-9,11-12H,10H2,(H,27,28). The molecule has 0 atom stereocenters. The Balaban J connectivity index is 0.000000185. The van der Waals surface area contributed by atoms with Gasteiger partial charge in [-0.25, -0.2) is 4.79 Å². The maximum Gasteiger partial charge on any atom is 0.416 e. The van der Waals surface area contributed by atoms with Crippen LogP contribution in [0.5, 0.6) is 0 Å². The van der Waals surface area contributed by atoms with E-state index in [9.17, 15) is 35.9 Å². The molecule has 4 heterocycles. The number of nitrogens with one attached hydrogen (secondary N) is 1. The second-order valence-electron chi connectivity index (χ2n) is 13.8. The molecule has 4 aromatic heterocycles. The van der Waals surface area contributed by atoms with Gasteiger partial charge in [-0.3, -0.25) is 14.8 Å². The van der Waals surface area contributed by atoms with Gasteiger partial charge >= 0.3 is 18.3 Å². The van der Waals surface area contributed by atoms with Gasteiger partial charge < -0.3 is 15.5 Å². The van der Waals surface area contributed by atoms with Crippen molar-refractivity contribution in [1.82, 2.24) is 15.3 Å². The fourth-order valence-corrected chi connectivity index (χ4v) is 9.00. The van der Waals surface area contributed by atoms with E-state index < -0.39 is 29.4 Å². The van der Waals surface area contributed by atoms with Gasteiger partial charge in [0.2, 0.25) is 0 Å². The van der Waals surface area contributed by atoms with Crippen molar-refractivity contribution in [1.29, 1.82) is 0 Å². The van der Waals surface area contributed by atoms with Crippen LogP contribution in [0.15, 0.2) is 134 Å². The number of aliphatic hydroxyl groups excluding tert-OH is 1. The number of carbonyl (C=O) groups excluding carboxylic acids is 1. The third kappa shape index (κ3) is 10.3. The Morgan fingerprint density at radius 2 is 1.05 bits per heavy atom. The number of amides is 1.